The Labute approximate surface area is 195 Å². The Morgan fingerprint density at radius 2 is 2.00 bits per heavy atom. The second-order valence-electron chi connectivity index (χ2n) is 8.28. The predicted octanol–water partition coefficient (Wildman–Crippen LogP) is 3.20. The molecule has 0 amide bonds. The second-order valence-corrected chi connectivity index (χ2v) is 8.28. The van der Waals surface area contributed by atoms with Crippen molar-refractivity contribution in [3.63, 3.8) is 0 Å². The maximum Gasteiger partial charge on any atom is 0.433 e. The van der Waals surface area contributed by atoms with E-state index < -0.39 is 23.5 Å². The Bertz CT molecular complexity index is 1570. The van der Waals surface area contributed by atoms with Crippen LogP contribution in [0.2, 0.25) is 0 Å². The predicted molar refractivity (Wildman–Crippen MR) is 114 cm³/mol. The number of hydrogen-bond acceptors (Lipinski definition) is 7. The van der Waals surface area contributed by atoms with E-state index in [0.29, 0.717) is 17.0 Å². The fourth-order valence-electron chi connectivity index (χ4n) is 4.24. The van der Waals surface area contributed by atoms with Gasteiger partial charge in [0.1, 0.15) is 29.0 Å². The number of nitrogens with zero attached hydrogens (tertiary/aromatic N) is 8. The Hall–Kier alpha value is -4.52. The minimum atomic E-state index is -4.57. The molecule has 1 aliphatic rings. The van der Waals surface area contributed by atoms with Crippen LogP contribution in [0.5, 0.6) is 0 Å². The molecule has 0 aromatic carbocycles. The largest absolute Gasteiger partial charge is 0.433 e. The van der Waals surface area contributed by atoms with Crippen LogP contribution in [-0.2, 0) is 6.18 Å². The van der Waals surface area contributed by atoms with Gasteiger partial charge in [0.25, 0.3) is 5.56 Å². The van der Waals surface area contributed by atoms with Crippen molar-refractivity contribution in [2.24, 2.45) is 0 Å². The number of nitrogens with one attached hydrogen (secondary N) is 1. The molecular formula is C22H16F3N9O. The standard InChI is InChI=1S/C22H16F3N9O/c1-11(13-2-5-17(28-9-13)22(23,24)25)34-20-18(15(7-27)32-34)21(35)31-19(30-20)14-3-4-16(14)33-10-12(6-26)8-29-33/h2,5,8-11,14,16H,3-4H2,1H3,(H,30,31,35)/t11-,14?,16?/m0/s1. The van der Waals surface area contributed by atoms with E-state index in [4.69, 9.17) is 5.26 Å². The highest BCUT2D eigenvalue weighted by molar-refractivity contribution is 5.80. The molecule has 4 aromatic rings. The normalized spacial score (nSPS) is 18.6. The number of H-pyrrole nitrogens is 1. The first-order chi connectivity index (χ1) is 16.7. The molecule has 4 aromatic heterocycles. The highest BCUT2D eigenvalue weighted by Crippen LogP contribution is 2.44. The van der Waals surface area contributed by atoms with E-state index in [-0.39, 0.29) is 28.7 Å². The molecule has 13 heteroatoms. The van der Waals surface area contributed by atoms with Crippen molar-refractivity contribution in [3.05, 3.63) is 69.4 Å². The summed E-state index contributed by atoms with van der Waals surface area (Å²) in [6.45, 7) is 1.67. The zero-order valence-corrected chi connectivity index (χ0v) is 18.2. The summed E-state index contributed by atoms with van der Waals surface area (Å²) in [5.74, 6) is 0.201. The molecule has 0 aliphatic heterocycles. The van der Waals surface area contributed by atoms with Gasteiger partial charge in [-0.25, -0.2) is 9.67 Å². The summed E-state index contributed by atoms with van der Waals surface area (Å²) in [6, 6.07) is 5.30. The molecule has 1 N–H and O–H groups in total. The summed E-state index contributed by atoms with van der Waals surface area (Å²) in [5, 5.41) is 27.0. The van der Waals surface area contributed by atoms with Gasteiger partial charge in [0.2, 0.25) is 0 Å². The van der Waals surface area contributed by atoms with E-state index in [1.807, 2.05) is 12.1 Å². The van der Waals surface area contributed by atoms with E-state index in [0.717, 1.165) is 25.1 Å². The average molecular weight is 479 g/mol. The lowest BCUT2D eigenvalue weighted by Crippen LogP contribution is -2.30. The minimum absolute atomic E-state index is 0.00435. The second kappa shape index (κ2) is 8.06. The number of rotatable bonds is 4. The SMILES string of the molecule is C[C@@H](c1ccc(C(F)(F)F)nc1)n1nc(C#N)c2c(=O)[nH]c(C3CCC3n3cc(C#N)cn3)nc21. The van der Waals surface area contributed by atoms with Crippen LogP contribution >= 0.6 is 0 Å². The fourth-order valence-corrected chi connectivity index (χ4v) is 4.24. The van der Waals surface area contributed by atoms with Crippen molar-refractivity contribution < 1.29 is 13.2 Å². The fraction of sp³-hybridized carbons (Fsp3) is 0.318. The molecule has 35 heavy (non-hydrogen) atoms. The molecule has 1 fully saturated rings. The van der Waals surface area contributed by atoms with Gasteiger partial charge in [0.05, 0.1) is 23.8 Å². The van der Waals surface area contributed by atoms with Crippen LogP contribution in [0.25, 0.3) is 11.0 Å². The van der Waals surface area contributed by atoms with E-state index >= 15 is 0 Å². The Morgan fingerprint density at radius 1 is 1.20 bits per heavy atom. The molecule has 1 aliphatic carbocycles. The van der Waals surface area contributed by atoms with Crippen LogP contribution in [0.1, 0.15) is 66.1 Å². The lowest BCUT2D eigenvalue weighted by Gasteiger charge is -2.35. The smallest absolute Gasteiger partial charge is 0.309 e. The molecular weight excluding hydrogens is 463 g/mol. The average Bonchev–Trinajstić information content (AvgIpc) is 3.42. The first kappa shape index (κ1) is 22.3. The quantitative estimate of drug-likeness (QED) is 0.474. The third kappa shape index (κ3) is 3.71. The molecule has 176 valence electrons. The molecule has 4 heterocycles. The van der Waals surface area contributed by atoms with Gasteiger partial charge >= 0.3 is 6.18 Å². The van der Waals surface area contributed by atoms with Gasteiger partial charge in [0, 0.05) is 18.3 Å². The minimum Gasteiger partial charge on any atom is -0.309 e. The van der Waals surface area contributed by atoms with E-state index in [1.165, 1.54) is 16.9 Å². The maximum atomic E-state index is 12.9. The van der Waals surface area contributed by atoms with Crippen molar-refractivity contribution in [1.82, 2.24) is 34.5 Å². The number of pyridine rings is 1. The highest BCUT2D eigenvalue weighted by atomic mass is 19.4. The first-order valence-corrected chi connectivity index (χ1v) is 10.6. The van der Waals surface area contributed by atoms with Crippen molar-refractivity contribution in [3.8, 4) is 12.1 Å². The van der Waals surface area contributed by atoms with Gasteiger partial charge in [-0.3, -0.25) is 14.5 Å². The summed E-state index contributed by atoms with van der Waals surface area (Å²) in [4.78, 5) is 23.8. The van der Waals surface area contributed by atoms with Crippen LogP contribution in [0.4, 0.5) is 13.2 Å². The van der Waals surface area contributed by atoms with Crippen molar-refractivity contribution in [2.45, 2.75) is 43.9 Å². The van der Waals surface area contributed by atoms with Crippen molar-refractivity contribution in [1.29, 1.82) is 10.5 Å². The molecule has 1 saturated carbocycles. The summed E-state index contributed by atoms with van der Waals surface area (Å²) >= 11 is 0. The van der Waals surface area contributed by atoms with Gasteiger partial charge in [-0.15, -0.1) is 0 Å². The maximum absolute atomic E-state index is 12.9. The first-order valence-electron chi connectivity index (χ1n) is 10.6. The molecule has 10 nitrogen and oxygen atoms in total. The zero-order chi connectivity index (χ0) is 24.9. The molecule has 0 bridgehead atoms. The number of aromatic nitrogens is 7. The van der Waals surface area contributed by atoms with Crippen LogP contribution < -0.4 is 5.56 Å². The van der Waals surface area contributed by atoms with Gasteiger partial charge in [-0.05, 0) is 31.4 Å². The number of halogens is 3. The number of alkyl halides is 3. The Morgan fingerprint density at radius 3 is 2.57 bits per heavy atom. The van der Waals surface area contributed by atoms with Gasteiger partial charge in [0.15, 0.2) is 11.3 Å². The highest BCUT2D eigenvalue weighted by Gasteiger charge is 2.37. The van der Waals surface area contributed by atoms with Crippen LogP contribution in [0.15, 0.2) is 35.5 Å². The van der Waals surface area contributed by atoms with Crippen LogP contribution in [0.3, 0.4) is 0 Å². The summed E-state index contributed by atoms with van der Waals surface area (Å²) in [5.41, 5.74) is -0.725. The Balaban J connectivity index is 1.56. The van der Waals surface area contributed by atoms with Crippen LogP contribution in [0, 0.1) is 22.7 Å². The lowest BCUT2D eigenvalue weighted by molar-refractivity contribution is -0.141. The van der Waals surface area contributed by atoms with Gasteiger partial charge < -0.3 is 4.98 Å². The van der Waals surface area contributed by atoms with Crippen LogP contribution in [-0.4, -0.2) is 34.5 Å². The molecule has 0 saturated heterocycles. The molecule has 2 unspecified atom stereocenters. The zero-order valence-electron chi connectivity index (χ0n) is 18.2. The molecule has 5 rings (SSSR count). The number of hydrogen-bond donors (Lipinski definition) is 1. The van der Waals surface area contributed by atoms with Gasteiger partial charge in [-0.2, -0.15) is 33.9 Å². The van der Waals surface area contributed by atoms with E-state index in [2.05, 4.69) is 25.1 Å². The summed E-state index contributed by atoms with van der Waals surface area (Å²) < 4.78 is 41.7. The van der Waals surface area contributed by atoms with Crippen molar-refractivity contribution >= 4 is 11.0 Å². The van der Waals surface area contributed by atoms with Crippen molar-refractivity contribution in [2.75, 3.05) is 0 Å². The number of fused-ring (bicyclic) bond motifs is 1. The number of aromatic amines is 1. The Kier molecular flexibility index (Phi) is 5.13. The molecule has 0 spiro atoms. The van der Waals surface area contributed by atoms with Gasteiger partial charge in [-0.1, -0.05) is 6.07 Å². The van der Waals surface area contributed by atoms with E-state index in [1.54, 1.807) is 17.8 Å². The molecule has 0 radical (unpaired) electrons. The summed E-state index contributed by atoms with van der Waals surface area (Å²) in [6.07, 6.45) is 1.11. The lowest BCUT2D eigenvalue weighted by atomic mass is 9.79. The monoisotopic (exact) mass is 479 g/mol. The third-order valence-corrected chi connectivity index (χ3v) is 6.27. The molecule has 3 atom stereocenters. The third-order valence-electron chi connectivity index (χ3n) is 6.27. The topological polar surface area (TPSA) is 142 Å². The van der Waals surface area contributed by atoms with E-state index in [9.17, 15) is 23.2 Å². The summed E-state index contributed by atoms with van der Waals surface area (Å²) in [7, 11) is 0. The number of nitriles is 2.